The zero-order valence-corrected chi connectivity index (χ0v) is 17.5. The predicted octanol–water partition coefficient (Wildman–Crippen LogP) is 3.24. The van der Waals surface area contributed by atoms with Gasteiger partial charge in [-0.2, -0.15) is 5.10 Å². The number of guanidine groups is 1. The first-order valence-electron chi connectivity index (χ1n) is 10.4. The lowest BCUT2D eigenvalue weighted by atomic mass is 10.1. The van der Waals surface area contributed by atoms with Crippen molar-refractivity contribution in [1.82, 2.24) is 30.4 Å². The van der Waals surface area contributed by atoms with Gasteiger partial charge in [-0.05, 0) is 48.2 Å². The zero-order valence-electron chi connectivity index (χ0n) is 17.5. The van der Waals surface area contributed by atoms with Gasteiger partial charge in [0.1, 0.15) is 18.5 Å². The van der Waals surface area contributed by atoms with E-state index in [4.69, 9.17) is 4.99 Å². The number of halogens is 1. The third kappa shape index (κ3) is 5.48. The maximum absolute atomic E-state index is 13.4. The van der Waals surface area contributed by atoms with E-state index in [9.17, 15) is 4.39 Å². The van der Waals surface area contributed by atoms with Crippen molar-refractivity contribution in [3.63, 3.8) is 0 Å². The molecule has 0 unspecified atom stereocenters. The molecular formula is C23H26FN7. The minimum absolute atomic E-state index is 0.231. The van der Waals surface area contributed by atoms with Crippen molar-refractivity contribution in [3.8, 4) is 0 Å². The average Bonchev–Trinajstić information content (AvgIpc) is 3.42. The molecule has 0 saturated heterocycles. The number of aliphatic imine (C=N–C) groups is 1. The Labute approximate surface area is 180 Å². The van der Waals surface area contributed by atoms with Gasteiger partial charge >= 0.3 is 0 Å². The molecule has 0 aliphatic carbocycles. The van der Waals surface area contributed by atoms with Crippen LogP contribution in [0.25, 0.3) is 10.9 Å². The summed E-state index contributed by atoms with van der Waals surface area (Å²) in [6.07, 6.45) is 6.00. The van der Waals surface area contributed by atoms with Crippen LogP contribution in [0.4, 0.5) is 4.39 Å². The second-order valence-corrected chi connectivity index (χ2v) is 7.29. The van der Waals surface area contributed by atoms with Crippen molar-refractivity contribution in [3.05, 3.63) is 83.8 Å². The zero-order chi connectivity index (χ0) is 21.5. The summed E-state index contributed by atoms with van der Waals surface area (Å²) in [5.74, 6) is 0.543. The van der Waals surface area contributed by atoms with E-state index in [-0.39, 0.29) is 5.82 Å². The number of rotatable bonds is 8. The van der Waals surface area contributed by atoms with Crippen LogP contribution in [0.2, 0.25) is 0 Å². The summed E-state index contributed by atoms with van der Waals surface area (Å²) in [5.41, 5.74) is 4.26. The summed E-state index contributed by atoms with van der Waals surface area (Å²) in [7, 11) is 0. The number of hydrogen-bond donors (Lipinski definition) is 3. The Morgan fingerprint density at radius 3 is 2.90 bits per heavy atom. The summed E-state index contributed by atoms with van der Waals surface area (Å²) in [6, 6.07) is 13.2. The van der Waals surface area contributed by atoms with Crippen molar-refractivity contribution in [2.24, 2.45) is 4.99 Å². The predicted molar refractivity (Wildman–Crippen MR) is 120 cm³/mol. The van der Waals surface area contributed by atoms with Crippen LogP contribution < -0.4 is 10.6 Å². The van der Waals surface area contributed by atoms with Gasteiger partial charge in [0.05, 0.1) is 13.1 Å². The Balaban J connectivity index is 1.35. The lowest BCUT2D eigenvalue weighted by molar-refractivity contribution is 0.629. The van der Waals surface area contributed by atoms with E-state index in [1.165, 1.54) is 18.5 Å². The van der Waals surface area contributed by atoms with Crippen molar-refractivity contribution in [2.45, 2.75) is 26.4 Å². The van der Waals surface area contributed by atoms with Gasteiger partial charge in [-0.1, -0.05) is 24.3 Å². The molecule has 0 aliphatic heterocycles. The van der Waals surface area contributed by atoms with Gasteiger partial charge in [0, 0.05) is 30.2 Å². The highest BCUT2D eigenvalue weighted by Gasteiger charge is 2.05. The third-order valence-electron chi connectivity index (χ3n) is 4.98. The summed E-state index contributed by atoms with van der Waals surface area (Å²) >= 11 is 0. The summed E-state index contributed by atoms with van der Waals surface area (Å²) in [5, 5.41) is 11.9. The highest BCUT2D eigenvalue weighted by molar-refractivity contribution is 5.83. The molecule has 0 amide bonds. The van der Waals surface area contributed by atoms with Gasteiger partial charge in [-0.3, -0.25) is 0 Å². The number of benzene rings is 2. The Morgan fingerprint density at radius 2 is 2.06 bits per heavy atom. The topological polar surface area (TPSA) is 82.9 Å². The largest absolute Gasteiger partial charge is 0.361 e. The third-order valence-corrected chi connectivity index (χ3v) is 4.98. The number of aromatic nitrogens is 4. The van der Waals surface area contributed by atoms with Crippen LogP contribution in [0.15, 0.2) is 66.3 Å². The smallest absolute Gasteiger partial charge is 0.191 e. The highest BCUT2D eigenvalue weighted by atomic mass is 19.1. The van der Waals surface area contributed by atoms with Crippen LogP contribution in [-0.2, 0) is 19.5 Å². The molecule has 2 heterocycles. The summed E-state index contributed by atoms with van der Waals surface area (Å²) in [4.78, 5) is 11.8. The van der Waals surface area contributed by atoms with E-state index in [0.717, 1.165) is 53.1 Å². The van der Waals surface area contributed by atoms with E-state index in [2.05, 4.69) is 43.9 Å². The Kier molecular flexibility index (Phi) is 6.56. The molecule has 8 heteroatoms. The molecule has 2 aromatic carbocycles. The molecule has 7 nitrogen and oxygen atoms in total. The molecule has 4 rings (SSSR count). The van der Waals surface area contributed by atoms with Gasteiger partial charge in [-0.15, -0.1) is 0 Å². The molecule has 160 valence electrons. The van der Waals surface area contributed by atoms with Crippen molar-refractivity contribution < 1.29 is 4.39 Å². The minimum atomic E-state index is -0.231. The van der Waals surface area contributed by atoms with Crippen LogP contribution >= 0.6 is 0 Å². The van der Waals surface area contributed by atoms with Crippen LogP contribution in [-0.4, -0.2) is 38.8 Å². The number of aromatic amines is 1. The number of nitrogens with one attached hydrogen (secondary N) is 3. The van der Waals surface area contributed by atoms with E-state index in [1.54, 1.807) is 11.0 Å². The summed E-state index contributed by atoms with van der Waals surface area (Å²) in [6.45, 7) is 4.81. The number of fused-ring (bicyclic) bond motifs is 1. The van der Waals surface area contributed by atoms with Crippen LogP contribution in [0.1, 0.15) is 23.6 Å². The molecular weight excluding hydrogens is 393 g/mol. The molecule has 31 heavy (non-hydrogen) atoms. The first kappa shape index (κ1) is 20.6. The van der Waals surface area contributed by atoms with Gasteiger partial charge < -0.3 is 15.6 Å². The second-order valence-electron chi connectivity index (χ2n) is 7.29. The number of nitrogens with zero attached hydrogens (tertiary/aromatic N) is 4. The number of H-pyrrole nitrogens is 1. The van der Waals surface area contributed by atoms with Crippen LogP contribution in [0, 0.1) is 5.82 Å². The monoisotopic (exact) mass is 419 g/mol. The fraction of sp³-hybridized carbons (Fsp3) is 0.261. The SMILES string of the molecule is CCNC(=NCc1cccc(Cn2cncn2)c1)NCCc1c[nH]c2cc(F)ccc12. The summed E-state index contributed by atoms with van der Waals surface area (Å²) < 4.78 is 15.2. The molecule has 0 saturated carbocycles. The fourth-order valence-corrected chi connectivity index (χ4v) is 3.52. The quantitative estimate of drug-likeness (QED) is 0.302. The maximum atomic E-state index is 13.4. The van der Waals surface area contributed by atoms with E-state index >= 15 is 0 Å². The van der Waals surface area contributed by atoms with Crippen molar-refractivity contribution in [1.29, 1.82) is 0 Å². The fourth-order valence-electron chi connectivity index (χ4n) is 3.52. The van der Waals surface area contributed by atoms with E-state index in [0.29, 0.717) is 13.1 Å². The molecule has 2 aromatic heterocycles. The Hall–Kier alpha value is -3.68. The molecule has 0 fully saturated rings. The normalized spacial score (nSPS) is 11.7. The Bertz CT molecular complexity index is 1150. The van der Waals surface area contributed by atoms with Gasteiger partial charge in [0.2, 0.25) is 0 Å². The minimum Gasteiger partial charge on any atom is -0.361 e. The van der Waals surface area contributed by atoms with Gasteiger partial charge in [0.15, 0.2) is 5.96 Å². The van der Waals surface area contributed by atoms with Crippen molar-refractivity contribution >= 4 is 16.9 Å². The standard InChI is InChI=1S/C23H26FN7/c1-2-26-23(27-9-8-19-13-28-22-11-20(24)6-7-21(19)22)29-12-17-4-3-5-18(10-17)14-31-16-25-15-30-31/h3-7,10-11,13,15-16,28H,2,8-9,12,14H2,1H3,(H2,26,27,29). The molecule has 0 aliphatic rings. The molecule has 0 atom stereocenters. The van der Waals surface area contributed by atoms with Crippen LogP contribution in [0.5, 0.6) is 0 Å². The van der Waals surface area contributed by atoms with E-state index in [1.807, 2.05) is 25.3 Å². The highest BCUT2D eigenvalue weighted by Crippen LogP contribution is 2.19. The van der Waals surface area contributed by atoms with Crippen LogP contribution in [0.3, 0.4) is 0 Å². The maximum Gasteiger partial charge on any atom is 0.191 e. The Morgan fingerprint density at radius 1 is 1.16 bits per heavy atom. The molecule has 0 spiro atoms. The average molecular weight is 420 g/mol. The molecule has 3 N–H and O–H groups in total. The van der Waals surface area contributed by atoms with Crippen molar-refractivity contribution in [2.75, 3.05) is 13.1 Å². The van der Waals surface area contributed by atoms with Gasteiger partial charge in [-0.25, -0.2) is 19.0 Å². The molecule has 0 radical (unpaired) electrons. The molecule has 4 aromatic rings. The lowest BCUT2D eigenvalue weighted by Crippen LogP contribution is -2.38. The second kappa shape index (κ2) is 9.88. The van der Waals surface area contributed by atoms with Gasteiger partial charge in [0.25, 0.3) is 0 Å². The first-order chi connectivity index (χ1) is 15.2. The molecule has 0 bridgehead atoms. The first-order valence-corrected chi connectivity index (χ1v) is 10.4. The number of hydrogen-bond acceptors (Lipinski definition) is 3. The van der Waals surface area contributed by atoms with E-state index < -0.39 is 0 Å². The lowest BCUT2D eigenvalue weighted by Gasteiger charge is -2.11.